The summed E-state index contributed by atoms with van der Waals surface area (Å²) in [5.74, 6) is -2.45. The number of aliphatic carboxylic acids is 1. The van der Waals surface area contributed by atoms with E-state index >= 15 is 0 Å². The summed E-state index contributed by atoms with van der Waals surface area (Å²) in [6.45, 7) is 1.90. The van der Waals surface area contributed by atoms with E-state index in [0.717, 1.165) is 5.56 Å². The van der Waals surface area contributed by atoms with Crippen LogP contribution in [-0.2, 0) is 14.3 Å². The van der Waals surface area contributed by atoms with Crippen molar-refractivity contribution >= 4 is 17.6 Å². The molecule has 2 heterocycles. The Morgan fingerprint density at radius 2 is 1.91 bits per heavy atom. The van der Waals surface area contributed by atoms with Crippen LogP contribution in [0.3, 0.4) is 0 Å². The van der Waals surface area contributed by atoms with Crippen molar-refractivity contribution in [3.63, 3.8) is 0 Å². The van der Waals surface area contributed by atoms with E-state index in [4.69, 9.17) is 9.47 Å². The number of anilines is 1. The molecule has 1 fully saturated rings. The van der Waals surface area contributed by atoms with Crippen molar-refractivity contribution in [2.75, 3.05) is 12.4 Å². The Morgan fingerprint density at radius 3 is 2.55 bits per heavy atom. The summed E-state index contributed by atoms with van der Waals surface area (Å²) in [6.07, 6.45) is 2.45. The molecule has 0 saturated carbocycles. The molecule has 0 radical (unpaired) electrons. The average Bonchev–Trinajstić information content (AvgIpc) is 3.08. The summed E-state index contributed by atoms with van der Waals surface area (Å²) >= 11 is 0. The number of methoxy groups -OCH3 is 1. The van der Waals surface area contributed by atoms with Crippen molar-refractivity contribution < 1.29 is 24.2 Å². The van der Waals surface area contributed by atoms with Gasteiger partial charge in [0.05, 0.1) is 30.9 Å². The number of carboxylic acid groups (broad SMARTS) is 1. The van der Waals surface area contributed by atoms with Gasteiger partial charge in [-0.3, -0.25) is 9.59 Å². The quantitative estimate of drug-likeness (QED) is 0.825. The van der Waals surface area contributed by atoms with Crippen LogP contribution >= 0.6 is 0 Å². The number of ether oxygens (including phenoxy) is 2. The van der Waals surface area contributed by atoms with Crippen molar-refractivity contribution in [3.8, 4) is 5.75 Å². The molecule has 22 heavy (non-hydrogen) atoms. The summed E-state index contributed by atoms with van der Waals surface area (Å²) in [4.78, 5) is 24.0. The maximum atomic E-state index is 12.6. The lowest BCUT2D eigenvalue weighted by molar-refractivity contribution is -0.145. The second-order valence-electron chi connectivity index (χ2n) is 5.53. The molecule has 116 valence electrons. The van der Waals surface area contributed by atoms with E-state index in [1.807, 2.05) is 13.0 Å². The minimum Gasteiger partial charge on any atom is -0.495 e. The molecule has 6 nitrogen and oxygen atoms in total. The fraction of sp³-hybridized carbons (Fsp3) is 0.375. The van der Waals surface area contributed by atoms with Gasteiger partial charge in [0.15, 0.2) is 0 Å². The lowest BCUT2D eigenvalue weighted by Gasteiger charge is -2.21. The average molecular weight is 303 g/mol. The Bertz CT molecular complexity index is 654. The summed E-state index contributed by atoms with van der Waals surface area (Å²) in [6, 6.07) is 5.42. The first-order chi connectivity index (χ1) is 10.5. The third-order valence-corrected chi connectivity index (χ3v) is 4.10. The Hall–Kier alpha value is -2.34. The molecule has 0 spiro atoms. The highest BCUT2D eigenvalue weighted by Crippen LogP contribution is 2.40. The monoisotopic (exact) mass is 303 g/mol. The molecular weight excluding hydrogens is 286 g/mol. The van der Waals surface area contributed by atoms with Crippen LogP contribution in [0.25, 0.3) is 0 Å². The van der Waals surface area contributed by atoms with Crippen LogP contribution in [-0.4, -0.2) is 36.3 Å². The number of fused-ring (bicyclic) bond motifs is 2. The molecule has 0 aliphatic carbocycles. The van der Waals surface area contributed by atoms with Crippen molar-refractivity contribution in [3.05, 3.63) is 35.9 Å². The number of rotatable bonds is 4. The standard InChI is InChI=1S/C16H17NO5/c1-8-3-4-10(21-2)9(7-8)17-15(18)13-11-5-6-12(22-11)14(13)16(19)20/h3-7,11-14H,1-2H3,(H,17,18)(H,19,20)/t11-,12-,13-,14+/m1/s1. The van der Waals surface area contributed by atoms with Crippen LogP contribution in [0.5, 0.6) is 5.75 Å². The molecule has 2 aliphatic heterocycles. The zero-order chi connectivity index (χ0) is 15.9. The van der Waals surface area contributed by atoms with Gasteiger partial charge in [-0.25, -0.2) is 0 Å². The highest BCUT2D eigenvalue weighted by atomic mass is 16.5. The summed E-state index contributed by atoms with van der Waals surface area (Å²) in [5.41, 5.74) is 1.50. The molecule has 1 amide bonds. The van der Waals surface area contributed by atoms with Gasteiger partial charge in [-0.05, 0) is 24.6 Å². The number of benzene rings is 1. The summed E-state index contributed by atoms with van der Waals surface area (Å²) in [5, 5.41) is 12.1. The van der Waals surface area contributed by atoms with Gasteiger partial charge in [-0.2, -0.15) is 0 Å². The van der Waals surface area contributed by atoms with Crippen molar-refractivity contribution in [1.29, 1.82) is 0 Å². The van der Waals surface area contributed by atoms with Gasteiger partial charge in [0.25, 0.3) is 0 Å². The molecule has 1 saturated heterocycles. The number of carboxylic acids is 1. The molecule has 2 bridgehead atoms. The first kappa shape index (κ1) is 14.6. The summed E-state index contributed by atoms with van der Waals surface area (Å²) < 4.78 is 10.7. The highest BCUT2D eigenvalue weighted by Gasteiger charge is 2.53. The lowest BCUT2D eigenvalue weighted by atomic mass is 9.82. The number of hydrogen-bond acceptors (Lipinski definition) is 4. The Morgan fingerprint density at radius 1 is 1.23 bits per heavy atom. The van der Waals surface area contributed by atoms with E-state index in [-0.39, 0.29) is 5.91 Å². The zero-order valence-corrected chi connectivity index (χ0v) is 12.3. The largest absolute Gasteiger partial charge is 0.495 e. The number of hydrogen-bond donors (Lipinski definition) is 2. The maximum Gasteiger partial charge on any atom is 0.310 e. The van der Waals surface area contributed by atoms with Gasteiger partial charge in [0, 0.05) is 0 Å². The van der Waals surface area contributed by atoms with Crippen LogP contribution < -0.4 is 10.1 Å². The zero-order valence-electron chi connectivity index (χ0n) is 12.3. The van der Waals surface area contributed by atoms with Gasteiger partial charge in [0.2, 0.25) is 5.91 Å². The predicted molar refractivity (Wildman–Crippen MR) is 78.8 cm³/mol. The van der Waals surface area contributed by atoms with Crippen LogP contribution in [0, 0.1) is 18.8 Å². The number of nitrogens with one attached hydrogen (secondary N) is 1. The minimum atomic E-state index is -1.02. The third-order valence-electron chi connectivity index (χ3n) is 4.10. The lowest BCUT2D eigenvalue weighted by Crippen LogP contribution is -2.39. The van der Waals surface area contributed by atoms with Crippen molar-refractivity contribution in [1.82, 2.24) is 0 Å². The maximum absolute atomic E-state index is 12.6. The minimum absolute atomic E-state index is 0.367. The molecule has 3 rings (SSSR count). The molecule has 1 aromatic rings. The van der Waals surface area contributed by atoms with Gasteiger partial charge < -0.3 is 19.9 Å². The van der Waals surface area contributed by atoms with Gasteiger partial charge >= 0.3 is 5.97 Å². The topological polar surface area (TPSA) is 84.9 Å². The Balaban J connectivity index is 1.84. The highest BCUT2D eigenvalue weighted by molar-refractivity contribution is 5.97. The van der Waals surface area contributed by atoms with E-state index in [1.165, 1.54) is 7.11 Å². The van der Waals surface area contributed by atoms with E-state index in [2.05, 4.69) is 5.32 Å². The number of amides is 1. The Kier molecular flexibility index (Phi) is 3.62. The van der Waals surface area contributed by atoms with Crippen LogP contribution in [0.4, 0.5) is 5.69 Å². The molecule has 1 aromatic carbocycles. The summed E-state index contributed by atoms with van der Waals surface area (Å²) in [7, 11) is 1.52. The molecule has 2 aliphatic rings. The molecule has 2 N–H and O–H groups in total. The van der Waals surface area contributed by atoms with E-state index in [1.54, 1.807) is 24.3 Å². The second kappa shape index (κ2) is 5.46. The first-order valence-electron chi connectivity index (χ1n) is 7.03. The number of carbonyl (C=O) groups is 2. The van der Waals surface area contributed by atoms with Crippen molar-refractivity contribution in [2.24, 2.45) is 11.8 Å². The molecule has 4 atom stereocenters. The van der Waals surface area contributed by atoms with E-state index in [9.17, 15) is 14.7 Å². The molecule has 0 unspecified atom stereocenters. The van der Waals surface area contributed by atoms with E-state index in [0.29, 0.717) is 11.4 Å². The van der Waals surface area contributed by atoms with Crippen LogP contribution in [0.2, 0.25) is 0 Å². The van der Waals surface area contributed by atoms with Crippen molar-refractivity contribution in [2.45, 2.75) is 19.1 Å². The number of carbonyl (C=O) groups excluding carboxylic acids is 1. The molecule has 6 heteroatoms. The van der Waals surface area contributed by atoms with Gasteiger partial charge in [0.1, 0.15) is 11.7 Å². The normalized spacial score (nSPS) is 28.6. The molecular formula is C16H17NO5. The van der Waals surface area contributed by atoms with Crippen LogP contribution in [0.1, 0.15) is 5.56 Å². The fourth-order valence-electron chi connectivity index (χ4n) is 3.05. The SMILES string of the molecule is COc1ccc(C)cc1NC(=O)[C@H]1[C@@H](C(=O)O)[C@H]2C=C[C@H]1O2. The predicted octanol–water partition coefficient (Wildman–Crippen LogP) is 1.60. The Labute approximate surface area is 127 Å². The van der Waals surface area contributed by atoms with E-state index < -0.39 is 30.0 Å². The smallest absolute Gasteiger partial charge is 0.310 e. The molecule has 0 aromatic heterocycles. The fourth-order valence-corrected chi connectivity index (χ4v) is 3.05. The second-order valence-corrected chi connectivity index (χ2v) is 5.53. The van der Waals surface area contributed by atoms with Crippen LogP contribution in [0.15, 0.2) is 30.4 Å². The number of aryl methyl sites for hydroxylation is 1. The van der Waals surface area contributed by atoms with Gasteiger partial charge in [-0.1, -0.05) is 18.2 Å². The first-order valence-corrected chi connectivity index (χ1v) is 7.03. The third kappa shape index (κ3) is 2.35. The van der Waals surface area contributed by atoms with Gasteiger partial charge in [-0.15, -0.1) is 0 Å².